The number of benzene rings is 1. The topological polar surface area (TPSA) is 26.3 Å². The van der Waals surface area contributed by atoms with Crippen LogP contribution in [-0.4, -0.2) is 5.16 Å². The summed E-state index contributed by atoms with van der Waals surface area (Å²) in [7, 11) is 0. The zero-order valence-corrected chi connectivity index (χ0v) is 13.2. The second-order valence-corrected chi connectivity index (χ2v) is 10.5. The van der Waals surface area contributed by atoms with E-state index in [1.54, 1.807) is 0 Å². The molecule has 5 rings (SSSR count). The average molecular weight is 311 g/mol. The summed E-state index contributed by atoms with van der Waals surface area (Å²) in [6, 6.07) is 9.40. The Labute approximate surface area is 125 Å². The van der Waals surface area contributed by atoms with Gasteiger partial charge in [-0.05, 0) is 79.7 Å². The van der Waals surface area contributed by atoms with Gasteiger partial charge in [-0.1, -0.05) is 18.2 Å². The lowest BCUT2D eigenvalue weighted by molar-refractivity contribution is 0.0306. The van der Waals surface area contributed by atoms with Gasteiger partial charge in [0.05, 0.1) is 5.16 Å². The van der Waals surface area contributed by atoms with Gasteiger partial charge in [0.25, 0.3) is 0 Å². The highest BCUT2D eigenvalue weighted by molar-refractivity contribution is 7.86. The molecule has 4 saturated carbocycles. The lowest BCUT2D eigenvalue weighted by Crippen LogP contribution is -2.50. The predicted octanol–water partition coefficient (Wildman–Crippen LogP) is 5.47. The second-order valence-electron chi connectivity index (χ2n) is 7.03. The molecule has 0 heterocycles. The van der Waals surface area contributed by atoms with Crippen LogP contribution in [0.3, 0.4) is 0 Å². The molecule has 0 spiro atoms. The molecule has 1 aromatic carbocycles. The summed E-state index contributed by atoms with van der Waals surface area (Å²) >= 11 is 6.52. The third-order valence-electron chi connectivity index (χ3n) is 5.54. The van der Waals surface area contributed by atoms with Crippen molar-refractivity contribution in [2.24, 2.45) is 17.8 Å². The molecule has 2 nitrogen and oxygen atoms in total. The molecule has 20 heavy (non-hydrogen) atoms. The first-order chi connectivity index (χ1) is 9.56. The summed E-state index contributed by atoms with van der Waals surface area (Å²) in [4.78, 5) is 0. The SMILES string of the molecule is O=P(Cl)(Oc1ccccc1)C12CC3CC(CC(C3)C1)C2. The standard InChI is InChI=1S/C16H20ClO2P/c17-20(18,19-15-4-2-1-3-5-15)16-9-12-6-13(10-16)8-14(7-12)11-16/h1-5,12-14H,6-11H2. The Morgan fingerprint density at radius 1 is 1.00 bits per heavy atom. The maximum absolute atomic E-state index is 13.2. The minimum atomic E-state index is -3.14. The number of halogens is 1. The second kappa shape index (κ2) is 4.52. The van der Waals surface area contributed by atoms with Crippen LogP contribution in [0.5, 0.6) is 5.75 Å². The first kappa shape index (κ1) is 13.2. The van der Waals surface area contributed by atoms with Gasteiger partial charge >= 0.3 is 6.72 Å². The van der Waals surface area contributed by atoms with Crippen LogP contribution in [-0.2, 0) is 4.57 Å². The minimum Gasteiger partial charge on any atom is -0.432 e. The van der Waals surface area contributed by atoms with E-state index in [1.807, 2.05) is 30.3 Å². The molecule has 1 atom stereocenters. The normalized spacial score (nSPS) is 41.4. The van der Waals surface area contributed by atoms with Gasteiger partial charge < -0.3 is 4.52 Å². The summed E-state index contributed by atoms with van der Waals surface area (Å²) in [6.07, 6.45) is 6.98. The number of para-hydroxylation sites is 1. The molecule has 0 saturated heterocycles. The van der Waals surface area contributed by atoms with Gasteiger partial charge in [-0.3, -0.25) is 4.57 Å². The maximum Gasteiger partial charge on any atom is 0.342 e. The molecule has 0 aliphatic heterocycles. The van der Waals surface area contributed by atoms with Gasteiger partial charge in [-0.2, -0.15) is 0 Å². The van der Waals surface area contributed by atoms with Crippen LogP contribution in [0.25, 0.3) is 0 Å². The minimum absolute atomic E-state index is 0.251. The van der Waals surface area contributed by atoms with Crippen molar-refractivity contribution >= 4 is 18.0 Å². The van der Waals surface area contributed by atoms with Crippen molar-refractivity contribution in [3.63, 3.8) is 0 Å². The van der Waals surface area contributed by atoms with Gasteiger partial charge in [-0.15, -0.1) is 0 Å². The van der Waals surface area contributed by atoms with Crippen LogP contribution in [0.15, 0.2) is 30.3 Å². The summed E-state index contributed by atoms with van der Waals surface area (Å²) in [5.74, 6) is 2.83. The van der Waals surface area contributed by atoms with Crippen LogP contribution in [0.2, 0.25) is 0 Å². The van der Waals surface area contributed by atoms with Crippen molar-refractivity contribution in [1.82, 2.24) is 0 Å². The molecular formula is C16H20ClO2P. The van der Waals surface area contributed by atoms with Crippen LogP contribution in [0.4, 0.5) is 0 Å². The quantitative estimate of drug-likeness (QED) is 0.692. The van der Waals surface area contributed by atoms with E-state index in [0.717, 1.165) is 37.0 Å². The Kier molecular flexibility index (Phi) is 2.98. The van der Waals surface area contributed by atoms with E-state index < -0.39 is 6.72 Å². The van der Waals surface area contributed by atoms with Crippen LogP contribution in [0.1, 0.15) is 38.5 Å². The first-order valence-corrected chi connectivity index (χ1v) is 10.1. The van der Waals surface area contributed by atoms with Gasteiger partial charge in [0.15, 0.2) is 0 Å². The fourth-order valence-corrected chi connectivity index (χ4v) is 7.98. The fourth-order valence-electron chi connectivity index (χ4n) is 5.11. The number of hydrogen-bond acceptors (Lipinski definition) is 2. The largest absolute Gasteiger partial charge is 0.432 e. The molecule has 4 fully saturated rings. The smallest absolute Gasteiger partial charge is 0.342 e. The predicted molar refractivity (Wildman–Crippen MR) is 81.4 cm³/mol. The van der Waals surface area contributed by atoms with E-state index >= 15 is 0 Å². The average Bonchev–Trinajstić information content (AvgIpc) is 2.37. The summed E-state index contributed by atoms with van der Waals surface area (Å²) < 4.78 is 19.0. The molecule has 4 aliphatic carbocycles. The van der Waals surface area contributed by atoms with E-state index in [1.165, 1.54) is 19.3 Å². The molecule has 1 aromatic rings. The monoisotopic (exact) mass is 310 g/mol. The van der Waals surface area contributed by atoms with Crippen LogP contribution in [0, 0.1) is 17.8 Å². The zero-order valence-electron chi connectivity index (χ0n) is 11.5. The van der Waals surface area contributed by atoms with Gasteiger partial charge in [0.1, 0.15) is 5.75 Å². The molecular weight excluding hydrogens is 291 g/mol. The third-order valence-corrected chi connectivity index (χ3v) is 8.95. The van der Waals surface area contributed by atoms with Gasteiger partial charge in [0.2, 0.25) is 0 Å². The summed E-state index contributed by atoms with van der Waals surface area (Å²) in [6.45, 7) is -3.14. The molecule has 4 aliphatic rings. The molecule has 1 unspecified atom stereocenters. The first-order valence-electron chi connectivity index (χ1n) is 7.61. The van der Waals surface area contributed by atoms with Crippen molar-refractivity contribution < 1.29 is 9.09 Å². The van der Waals surface area contributed by atoms with Crippen molar-refractivity contribution in [2.75, 3.05) is 0 Å². The highest BCUT2D eigenvalue weighted by Crippen LogP contribution is 2.75. The van der Waals surface area contributed by atoms with Gasteiger partial charge in [0, 0.05) is 0 Å². The van der Waals surface area contributed by atoms with Crippen molar-refractivity contribution in [1.29, 1.82) is 0 Å². The summed E-state index contributed by atoms with van der Waals surface area (Å²) in [5, 5.41) is -0.251. The molecule has 4 bridgehead atoms. The fraction of sp³-hybridized carbons (Fsp3) is 0.625. The third kappa shape index (κ3) is 2.04. The number of rotatable bonds is 3. The molecule has 0 radical (unpaired) electrons. The summed E-state index contributed by atoms with van der Waals surface area (Å²) in [5.41, 5.74) is 0. The van der Waals surface area contributed by atoms with E-state index in [4.69, 9.17) is 15.8 Å². The molecule has 108 valence electrons. The molecule has 0 amide bonds. The highest BCUT2D eigenvalue weighted by Gasteiger charge is 2.60. The molecule has 4 heteroatoms. The van der Waals surface area contributed by atoms with Crippen molar-refractivity contribution in [2.45, 2.75) is 43.7 Å². The van der Waals surface area contributed by atoms with Crippen LogP contribution < -0.4 is 4.52 Å². The Morgan fingerprint density at radius 2 is 1.50 bits per heavy atom. The van der Waals surface area contributed by atoms with E-state index in [2.05, 4.69) is 0 Å². The molecule has 0 aromatic heterocycles. The molecule has 0 N–H and O–H groups in total. The van der Waals surface area contributed by atoms with E-state index in [-0.39, 0.29) is 5.16 Å². The Morgan fingerprint density at radius 3 is 2.00 bits per heavy atom. The Balaban J connectivity index is 1.64. The van der Waals surface area contributed by atoms with E-state index in [9.17, 15) is 4.57 Å². The maximum atomic E-state index is 13.2. The zero-order chi connectivity index (χ0) is 13.8. The van der Waals surface area contributed by atoms with Gasteiger partial charge in [-0.25, -0.2) is 0 Å². The van der Waals surface area contributed by atoms with Crippen LogP contribution >= 0.6 is 18.0 Å². The van der Waals surface area contributed by atoms with Crippen molar-refractivity contribution in [3.05, 3.63) is 30.3 Å². The van der Waals surface area contributed by atoms with Crippen molar-refractivity contribution in [3.8, 4) is 5.75 Å². The Hall–Kier alpha value is -0.460. The lowest BCUT2D eigenvalue weighted by Gasteiger charge is -2.56. The Bertz CT molecular complexity index is 522. The number of hydrogen-bond donors (Lipinski definition) is 0. The lowest BCUT2D eigenvalue weighted by atomic mass is 9.56. The van der Waals surface area contributed by atoms with E-state index in [0.29, 0.717) is 5.75 Å². The highest BCUT2D eigenvalue weighted by atomic mass is 35.7.